The number of carbonyl (C=O) groups is 1. The standard InChI is InChI=1S/C17H26N4O/c1-14-5-7-16(8-6-15-11-18-13-19-12-15)21(14)17(22)20-9-3-2-4-10-20/h11-14,16H,2-10H2,1H3/t14-,16-/m1/s1. The fourth-order valence-corrected chi connectivity index (χ4v) is 3.74. The number of hydrogen-bond acceptors (Lipinski definition) is 3. The van der Waals surface area contributed by atoms with E-state index in [1.807, 2.05) is 12.4 Å². The highest BCUT2D eigenvalue weighted by atomic mass is 16.2. The fourth-order valence-electron chi connectivity index (χ4n) is 3.74. The van der Waals surface area contributed by atoms with Gasteiger partial charge in [0.05, 0.1) is 0 Å². The van der Waals surface area contributed by atoms with E-state index in [0.29, 0.717) is 12.1 Å². The zero-order valence-electron chi connectivity index (χ0n) is 13.4. The maximum absolute atomic E-state index is 12.9. The van der Waals surface area contributed by atoms with Crippen molar-refractivity contribution in [1.82, 2.24) is 19.8 Å². The van der Waals surface area contributed by atoms with Crippen LogP contribution in [0, 0.1) is 0 Å². The van der Waals surface area contributed by atoms with Gasteiger partial charge in [-0.2, -0.15) is 0 Å². The van der Waals surface area contributed by atoms with E-state index in [1.165, 1.54) is 6.42 Å². The predicted molar refractivity (Wildman–Crippen MR) is 85.5 cm³/mol. The molecule has 2 amide bonds. The zero-order chi connectivity index (χ0) is 15.4. The molecule has 3 rings (SSSR count). The second-order valence-corrected chi connectivity index (χ2v) is 6.60. The van der Waals surface area contributed by atoms with Gasteiger partial charge in [0.15, 0.2) is 0 Å². The van der Waals surface area contributed by atoms with Gasteiger partial charge < -0.3 is 9.80 Å². The lowest BCUT2D eigenvalue weighted by Crippen LogP contribution is -2.49. The minimum Gasteiger partial charge on any atom is -0.325 e. The van der Waals surface area contributed by atoms with Gasteiger partial charge in [-0.25, -0.2) is 14.8 Å². The highest BCUT2D eigenvalue weighted by Gasteiger charge is 2.36. The molecular weight excluding hydrogens is 276 g/mol. The maximum Gasteiger partial charge on any atom is 0.320 e. The summed E-state index contributed by atoms with van der Waals surface area (Å²) in [6, 6.07) is 0.995. The van der Waals surface area contributed by atoms with Crippen molar-refractivity contribution in [3.8, 4) is 0 Å². The van der Waals surface area contributed by atoms with Gasteiger partial charge in [-0.15, -0.1) is 0 Å². The van der Waals surface area contributed by atoms with E-state index < -0.39 is 0 Å². The highest BCUT2D eigenvalue weighted by Crippen LogP contribution is 2.29. The quantitative estimate of drug-likeness (QED) is 0.862. The van der Waals surface area contributed by atoms with Crippen LogP contribution in [0.4, 0.5) is 4.79 Å². The van der Waals surface area contributed by atoms with E-state index in [0.717, 1.165) is 57.2 Å². The molecule has 2 saturated heterocycles. The molecule has 0 N–H and O–H groups in total. The second kappa shape index (κ2) is 7.07. The smallest absolute Gasteiger partial charge is 0.320 e. The van der Waals surface area contributed by atoms with Gasteiger partial charge >= 0.3 is 6.03 Å². The molecular formula is C17H26N4O. The molecule has 0 aliphatic carbocycles. The van der Waals surface area contributed by atoms with Crippen molar-refractivity contribution in [1.29, 1.82) is 0 Å². The molecule has 2 aliphatic rings. The van der Waals surface area contributed by atoms with Crippen molar-refractivity contribution in [2.24, 2.45) is 0 Å². The van der Waals surface area contributed by atoms with Crippen molar-refractivity contribution >= 4 is 6.03 Å². The molecule has 3 heterocycles. The second-order valence-electron chi connectivity index (χ2n) is 6.60. The normalized spacial score (nSPS) is 25.5. The SMILES string of the molecule is C[C@@H]1CC[C@H](CCc2cncnc2)N1C(=O)N1CCCCC1. The minimum absolute atomic E-state index is 0.263. The van der Waals surface area contributed by atoms with Crippen LogP contribution in [-0.2, 0) is 6.42 Å². The van der Waals surface area contributed by atoms with E-state index in [4.69, 9.17) is 0 Å². The van der Waals surface area contributed by atoms with Crippen molar-refractivity contribution in [2.75, 3.05) is 13.1 Å². The Hall–Kier alpha value is -1.65. The molecule has 2 fully saturated rings. The first-order valence-electron chi connectivity index (χ1n) is 8.57. The van der Waals surface area contributed by atoms with Crippen LogP contribution in [0.5, 0.6) is 0 Å². The van der Waals surface area contributed by atoms with Crippen molar-refractivity contribution in [3.63, 3.8) is 0 Å². The van der Waals surface area contributed by atoms with Crippen LogP contribution in [0.15, 0.2) is 18.7 Å². The Morgan fingerprint density at radius 3 is 2.64 bits per heavy atom. The van der Waals surface area contributed by atoms with Crippen molar-refractivity contribution in [3.05, 3.63) is 24.3 Å². The lowest BCUT2D eigenvalue weighted by molar-refractivity contribution is 0.124. The van der Waals surface area contributed by atoms with Crippen LogP contribution in [-0.4, -0.2) is 51.0 Å². The summed E-state index contributed by atoms with van der Waals surface area (Å²) >= 11 is 0. The number of aromatic nitrogens is 2. The van der Waals surface area contributed by atoms with Gasteiger partial charge in [0.2, 0.25) is 0 Å². The Kier molecular flexibility index (Phi) is 4.90. The number of carbonyl (C=O) groups excluding carboxylic acids is 1. The van der Waals surface area contributed by atoms with Crippen LogP contribution >= 0.6 is 0 Å². The average Bonchev–Trinajstić information content (AvgIpc) is 2.95. The Balaban J connectivity index is 1.61. The lowest BCUT2D eigenvalue weighted by atomic mass is 10.1. The number of amides is 2. The van der Waals surface area contributed by atoms with E-state index in [-0.39, 0.29) is 6.03 Å². The van der Waals surface area contributed by atoms with Crippen molar-refractivity contribution < 1.29 is 4.79 Å². The summed E-state index contributed by atoms with van der Waals surface area (Å²) in [5, 5.41) is 0. The molecule has 1 aromatic heterocycles. The number of aryl methyl sites for hydroxylation is 1. The summed E-state index contributed by atoms with van der Waals surface area (Å²) < 4.78 is 0. The van der Waals surface area contributed by atoms with Gasteiger partial charge in [-0.1, -0.05) is 0 Å². The number of rotatable bonds is 3. The number of urea groups is 1. The summed E-state index contributed by atoms with van der Waals surface area (Å²) in [5.41, 5.74) is 1.16. The minimum atomic E-state index is 0.263. The molecule has 1 aromatic rings. The van der Waals surface area contributed by atoms with Gasteiger partial charge in [0, 0.05) is 37.6 Å². The molecule has 0 unspecified atom stereocenters. The third-order valence-electron chi connectivity index (χ3n) is 5.01. The molecule has 0 bridgehead atoms. The number of likely N-dealkylation sites (tertiary alicyclic amines) is 2. The third-order valence-corrected chi connectivity index (χ3v) is 5.01. The molecule has 2 aliphatic heterocycles. The summed E-state index contributed by atoms with van der Waals surface area (Å²) in [4.78, 5) is 25.2. The molecule has 5 nitrogen and oxygen atoms in total. The number of hydrogen-bond donors (Lipinski definition) is 0. The average molecular weight is 302 g/mol. The molecule has 2 atom stereocenters. The summed E-state index contributed by atoms with van der Waals surface area (Å²) in [6.45, 7) is 4.05. The molecule has 0 aromatic carbocycles. The molecule has 0 radical (unpaired) electrons. The summed E-state index contributed by atoms with van der Waals surface area (Å²) in [5.74, 6) is 0. The van der Waals surface area contributed by atoms with E-state index in [9.17, 15) is 4.79 Å². The number of nitrogens with zero attached hydrogens (tertiary/aromatic N) is 4. The lowest BCUT2D eigenvalue weighted by Gasteiger charge is -2.36. The van der Waals surface area contributed by atoms with Crippen molar-refractivity contribution in [2.45, 2.75) is 64.0 Å². The van der Waals surface area contributed by atoms with Crippen LogP contribution < -0.4 is 0 Å². The first-order valence-corrected chi connectivity index (χ1v) is 8.57. The molecule has 22 heavy (non-hydrogen) atoms. The fraction of sp³-hybridized carbons (Fsp3) is 0.706. The van der Waals surface area contributed by atoms with Gasteiger partial charge in [0.1, 0.15) is 6.33 Å². The van der Waals surface area contributed by atoms with Gasteiger partial charge in [0.25, 0.3) is 0 Å². The first kappa shape index (κ1) is 15.3. The topological polar surface area (TPSA) is 49.3 Å². The van der Waals surface area contributed by atoms with E-state index >= 15 is 0 Å². The van der Waals surface area contributed by atoms with Crippen LogP contribution in [0.25, 0.3) is 0 Å². The molecule has 0 spiro atoms. The predicted octanol–water partition coefficient (Wildman–Crippen LogP) is 2.87. The number of piperidine rings is 1. The largest absolute Gasteiger partial charge is 0.325 e. The Morgan fingerprint density at radius 1 is 1.18 bits per heavy atom. The van der Waals surface area contributed by atoms with Gasteiger partial charge in [-0.05, 0) is 57.4 Å². The molecule has 5 heteroatoms. The highest BCUT2D eigenvalue weighted by molar-refractivity contribution is 5.75. The van der Waals surface area contributed by atoms with E-state index in [1.54, 1.807) is 6.33 Å². The maximum atomic E-state index is 12.9. The van der Waals surface area contributed by atoms with Crippen LogP contribution in [0.3, 0.4) is 0 Å². The van der Waals surface area contributed by atoms with Gasteiger partial charge in [-0.3, -0.25) is 0 Å². The summed E-state index contributed by atoms with van der Waals surface area (Å²) in [7, 11) is 0. The molecule has 120 valence electrons. The third kappa shape index (κ3) is 3.39. The summed E-state index contributed by atoms with van der Waals surface area (Å²) in [6.07, 6.45) is 13.1. The first-order chi connectivity index (χ1) is 10.8. The zero-order valence-corrected chi connectivity index (χ0v) is 13.4. The Labute approximate surface area is 132 Å². The van der Waals surface area contributed by atoms with Crippen LogP contribution in [0.1, 0.15) is 51.0 Å². The Bertz CT molecular complexity index is 487. The monoisotopic (exact) mass is 302 g/mol. The molecule has 0 saturated carbocycles. The van der Waals surface area contributed by atoms with Crippen LogP contribution in [0.2, 0.25) is 0 Å². The Morgan fingerprint density at radius 2 is 1.91 bits per heavy atom. The van der Waals surface area contributed by atoms with E-state index in [2.05, 4.69) is 26.7 Å².